The summed E-state index contributed by atoms with van der Waals surface area (Å²) >= 11 is 0. The first-order chi connectivity index (χ1) is 15.1. The fourth-order valence-corrected chi connectivity index (χ4v) is 4.44. The third-order valence-electron chi connectivity index (χ3n) is 5.85. The number of nitrogens with zero attached hydrogens (tertiary/aromatic N) is 2. The Hall–Kier alpha value is -3.47. The first kappa shape index (κ1) is 20.8. The van der Waals surface area contributed by atoms with Gasteiger partial charge in [-0.15, -0.1) is 0 Å². The number of unbranched alkanes of at least 4 members (excludes halogenated alkanes) is 1. The number of amides is 1. The molecule has 0 saturated carbocycles. The minimum atomic E-state index is -0.677. The predicted molar refractivity (Wildman–Crippen MR) is 120 cm³/mol. The lowest BCUT2D eigenvalue weighted by Crippen LogP contribution is -2.40. The van der Waals surface area contributed by atoms with Crippen LogP contribution in [0.5, 0.6) is 0 Å². The number of hydrogen-bond donors (Lipinski definition) is 0. The minimum Gasteiger partial charge on any atom is -0.466 e. The van der Waals surface area contributed by atoms with Crippen LogP contribution in [0.3, 0.4) is 0 Å². The highest BCUT2D eigenvalue weighted by Gasteiger charge is 2.50. The standard InChI is InChI=1S/C26H26N2O3/c1-20(29)31-18-8-7-15-26(19-21-13-16-27-17-14-21)23-11-5-6-12-24(23)28(25(26)30)22-9-3-2-4-10-22/h2-6,9-14,16-17H,7-8,15,18-19H2,1H3. The van der Waals surface area contributed by atoms with Crippen molar-refractivity contribution in [1.82, 2.24) is 4.98 Å². The largest absolute Gasteiger partial charge is 0.466 e. The molecule has 2 aromatic carbocycles. The number of rotatable bonds is 8. The molecule has 0 radical (unpaired) electrons. The summed E-state index contributed by atoms with van der Waals surface area (Å²) in [6, 6.07) is 21.8. The molecule has 1 aliphatic rings. The lowest BCUT2D eigenvalue weighted by Gasteiger charge is -2.29. The van der Waals surface area contributed by atoms with Crippen molar-refractivity contribution in [2.24, 2.45) is 0 Å². The molecule has 1 aliphatic heterocycles. The van der Waals surface area contributed by atoms with E-state index in [1.165, 1.54) is 6.92 Å². The maximum Gasteiger partial charge on any atom is 0.302 e. The zero-order chi connectivity index (χ0) is 21.7. The van der Waals surface area contributed by atoms with E-state index in [-0.39, 0.29) is 11.9 Å². The molecule has 1 amide bonds. The molecule has 0 bridgehead atoms. The highest BCUT2D eigenvalue weighted by molar-refractivity contribution is 6.13. The normalized spacial score (nSPS) is 17.5. The first-order valence-electron chi connectivity index (χ1n) is 10.6. The molecule has 1 atom stereocenters. The number of carbonyl (C=O) groups is 2. The van der Waals surface area contributed by atoms with Gasteiger partial charge in [0.25, 0.3) is 0 Å². The highest BCUT2D eigenvalue weighted by Crippen LogP contribution is 2.49. The highest BCUT2D eigenvalue weighted by atomic mass is 16.5. The number of ether oxygens (including phenoxy) is 1. The number of carbonyl (C=O) groups excluding carboxylic acids is 2. The Morgan fingerprint density at radius 2 is 1.68 bits per heavy atom. The summed E-state index contributed by atoms with van der Waals surface area (Å²) in [5.41, 5.74) is 3.26. The lowest BCUT2D eigenvalue weighted by atomic mass is 9.73. The number of anilines is 2. The summed E-state index contributed by atoms with van der Waals surface area (Å²) in [4.78, 5) is 31.2. The Labute approximate surface area is 182 Å². The zero-order valence-electron chi connectivity index (χ0n) is 17.7. The maximum atomic E-state index is 14.1. The molecule has 1 unspecified atom stereocenters. The zero-order valence-corrected chi connectivity index (χ0v) is 17.7. The van der Waals surface area contributed by atoms with E-state index in [1.807, 2.05) is 65.6 Å². The van der Waals surface area contributed by atoms with Crippen LogP contribution in [0.1, 0.15) is 37.3 Å². The molecule has 3 aromatic rings. The minimum absolute atomic E-state index is 0.0872. The summed E-state index contributed by atoms with van der Waals surface area (Å²) in [6.45, 7) is 1.79. The van der Waals surface area contributed by atoms with Crippen LogP contribution in [0.4, 0.5) is 11.4 Å². The summed E-state index contributed by atoms with van der Waals surface area (Å²) < 4.78 is 5.10. The number of aromatic nitrogens is 1. The Morgan fingerprint density at radius 1 is 0.968 bits per heavy atom. The van der Waals surface area contributed by atoms with Crippen molar-refractivity contribution in [2.75, 3.05) is 11.5 Å². The molecular weight excluding hydrogens is 388 g/mol. The van der Waals surface area contributed by atoms with Gasteiger partial charge in [0.2, 0.25) is 5.91 Å². The van der Waals surface area contributed by atoms with E-state index in [2.05, 4.69) is 11.1 Å². The molecule has 2 heterocycles. The second-order valence-corrected chi connectivity index (χ2v) is 7.90. The number of benzene rings is 2. The Kier molecular flexibility index (Phi) is 6.12. The van der Waals surface area contributed by atoms with Crippen LogP contribution < -0.4 is 4.90 Å². The maximum absolute atomic E-state index is 14.1. The average Bonchev–Trinajstić information content (AvgIpc) is 3.03. The van der Waals surface area contributed by atoms with E-state index >= 15 is 0 Å². The smallest absolute Gasteiger partial charge is 0.302 e. The van der Waals surface area contributed by atoms with Gasteiger partial charge in [0.05, 0.1) is 17.7 Å². The quantitative estimate of drug-likeness (QED) is 0.386. The second-order valence-electron chi connectivity index (χ2n) is 7.90. The molecule has 0 saturated heterocycles. The van der Waals surface area contributed by atoms with Crippen molar-refractivity contribution < 1.29 is 14.3 Å². The van der Waals surface area contributed by atoms with E-state index in [9.17, 15) is 9.59 Å². The van der Waals surface area contributed by atoms with E-state index < -0.39 is 5.41 Å². The fourth-order valence-electron chi connectivity index (χ4n) is 4.44. The van der Waals surface area contributed by atoms with Crippen LogP contribution in [0, 0.1) is 0 Å². The van der Waals surface area contributed by atoms with E-state index in [0.717, 1.165) is 35.3 Å². The van der Waals surface area contributed by atoms with Crippen LogP contribution in [-0.4, -0.2) is 23.5 Å². The summed E-state index contributed by atoms with van der Waals surface area (Å²) in [5, 5.41) is 0. The van der Waals surface area contributed by atoms with Gasteiger partial charge in [-0.1, -0.05) is 36.4 Å². The lowest BCUT2D eigenvalue weighted by molar-refractivity contribution is -0.141. The number of para-hydroxylation sites is 2. The molecule has 158 valence electrons. The molecule has 1 aromatic heterocycles. The van der Waals surface area contributed by atoms with E-state index in [4.69, 9.17) is 4.74 Å². The molecule has 0 N–H and O–H groups in total. The van der Waals surface area contributed by atoms with Crippen molar-refractivity contribution in [1.29, 1.82) is 0 Å². The van der Waals surface area contributed by atoms with Crippen LogP contribution >= 0.6 is 0 Å². The van der Waals surface area contributed by atoms with Crippen LogP contribution in [0.2, 0.25) is 0 Å². The Bertz CT molecular complexity index is 1050. The van der Waals surface area contributed by atoms with Gasteiger partial charge >= 0.3 is 5.97 Å². The van der Waals surface area contributed by atoms with Gasteiger partial charge in [-0.3, -0.25) is 19.5 Å². The third-order valence-corrected chi connectivity index (χ3v) is 5.85. The molecule has 31 heavy (non-hydrogen) atoms. The summed E-state index contributed by atoms with van der Waals surface area (Å²) in [7, 11) is 0. The van der Waals surface area contributed by atoms with Crippen LogP contribution in [0.25, 0.3) is 0 Å². The molecule has 0 aliphatic carbocycles. The Morgan fingerprint density at radius 3 is 2.42 bits per heavy atom. The molecule has 5 nitrogen and oxygen atoms in total. The van der Waals surface area contributed by atoms with Crippen molar-refractivity contribution in [3.8, 4) is 0 Å². The number of fused-ring (bicyclic) bond motifs is 1. The number of hydrogen-bond acceptors (Lipinski definition) is 4. The van der Waals surface area contributed by atoms with Crippen LogP contribution in [0.15, 0.2) is 79.1 Å². The van der Waals surface area contributed by atoms with Gasteiger partial charge in [0, 0.05) is 25.0 Å². The van der Waals surface area contributed by atoms with Gasteiger partial charge in [0.15, 0.2) is 0 Å². The monoisotopic (exact) mass is 414 g/mol. The summed E-state index contributed by atoms with van der Waals surface area (Å²) in [6.07, 6.45) is 6.31. The van der Waals surface area contributed by atoms with Crippen LogP contribution in [-0.2, 0) is 26.2 Å². The molecule has 5 heteroatoms. The van der Waals surface area contributed by atoms with E-state index in [0.29, 0.717) is 19.4 Å². The van der Waals surface area contributed by atoms with Gasteiger partial charge < -0.3 is 4.74 Å². The molecule has 0 fully saturated rings. The second kappa shape index (κ2) is 9.13. The van der Waals surface area contributed by atoms with Crippen molar-refractivity contribution in [3.63, 3.8) is 0 Å². The van der Waals surface area contributed by atoms with Crippen molar-refractivity contribution in [3.05, 3.63) is 90.3 Å². The predicted octanol–water partition coefficient (Wildman–Crippen LogP) is 4.97. The van der Waals surface area contributed by atoms with Crippen molar-refractivity contribution >= 4 is 23.3 Å². The molecular formula is C26H26N2O3. The number of pyridine rings is 1. The third kappa shape index (κ3) is 4.22. The fraction of sp³-hybridized carbons (Fsp3) is 0.269. The molecule has 0 spiro atoms. The van der Waals surface area contributed by atoms with Crippen molar-refractivity contribution in [2.45, 2.75) is 38.0 Å². The van der Waals surface area contributed by atoms with Gasteiger partial charge in [-0.2, -0.15) is 0 Å². The SMILES string of the molecule is CC(=O)OCCCCC1(Cc2ccncc2)C(=O)N(c2ccccc2)c2ccccc21. The van der Waals surface area contributed by atoms with Gasteiger partial charge in [-0.25, -0.2) is 0 Å². The first-order valence-corrected chi connectivity index (χ1v) is 10.6. The average molecular weight is 415 g/mol. The van der Waals surface area contributed by atoms with Gasteiger partial charge in [0.1, 0.15) is 0 Å². The molecule has 4 rings (SSSR count). The summed E-state index contributed by atoms with van der Waals surface area (Å²) in [5.74, 6) is -0.187. The van der Waals surface area contributed by atoms with E-state index in [1.54, 1.807) is 12.4 Å². The topological polar surface area (TPSA) is 59.5 Å². The number of esters is 1. The van der Waals surface area contributed by atoms with Gasteiger partial charge in [-0.05, 0) is 67.1 Å². The Balaban J connectivity index is 1.72.